The molecule has 2 unspecified atom stereocenters. The number of aromatic nitrogens is 4. The molecule has 5 rings (SSSR count). The number of piperidine rings is 1. The molecule has 0 bridgehead atoms. The van der Waals surface area contributed by atoms with Crippen LogP contribution in [-0.2, 0) is 6.54 Å². The molecule has 1 spiro atoms. The highest BCUT2D eigenvalue weighted by atomic mass is 19.4. The van der Waals surface area contributed by atoms with E-state index in [0.717, 1.165) is 50.5 Å². The van der Waals surface area contributed by atoms with E-state index in [-0.39, 0.29) is 6.54 Å². The lowest BCUT2D eigenvalue weighted by Gasteiger charge is -2.47. The standard InChI is InChI=1S/C29H36F3N7O/c30-29(31,32)25-22(9-14-28(37-25)12-4-2-1-3-5-13-28)18-35-27(40)21-7-6-8-23(17-21)34-19-24-36-26(39-38-24)20-10-15-33-16-11-20/h6-8,10-11,15-17,22,25,34,37H,1-5,9,12-14,18-19H2,(H,35,40)(H,36,38,39). The van der Waals surface area contributed by atoms with E-state index >= 15 is 0 Å². The molecular formula is C29H36F3N7O. The van der Waals surface area contributed by atoms with Gasteiger partial charge in [0, 0.05) is 47.2 Å². The number of nitrogens with zero attached hydrogens (tertiary/aromatic N) is 3. The zero-order valence-corrected chi connectivity index (χ0v) is 22.4. The van der Waals surface area contributed by atoms with Gasteiger partial charge in [0.25, 0.3) is 5.91 Å². The lowest BCUT2D eigenvalue weighted by atomic mass is 9.73. The van der Waals surface area contributed by atoms with Crippen LogP contribution in [0.25, 0.3) is 11.4 Å². The maximum absolute atomic E-state index is 14.1. The van der Waals surface area contributed by atoms with Gasteiger partial charge in [-0.3, -0.25) is 9.78 Å². The van der Waals surface area contributed by atoms with Crippen molar-refractivity contribution in [2.45, 2.75) is 82.1 Å². The second-order valence-electron chi connectivity index (χ2n) is 11.0. The van der Waals surface area contributed by atoms with E-state index in [1.807, 2.05) is 18.2 Å². The van der Waals surface area contributed by atoms with Crippen molar-refractivity contribution in [3.63, 3.8) is 0 Å². The molecule has 2 atom stereocenters. The quantitative estimate of drug-likeness (QED) is 0.301. The van der Waals surface area contributed by atoms with E-state index in [2.05, 4.69) is 36.1 Å². The van der Waals surface area contributed by atoms with Crippen molar-refractivity contribution in [3.8, 4) is 11.4 Å². The van der Waals surface area contributed by atoms with Gasteiger partial charge >= 0.3 is 6.18 Å². The SMILES string of the molecule is O=C(NCC1CCC2(CCCCCCC2)NC1C(F)(F)F)c1cccc(NCc2nnc(-c3ccncc3)[nH]2)c1. The third kappa shape index (κ3) is 6.99. The number of hydrogen-bond acceptors (Lipinski definition) is 6. The lowest BCUT2D eigenvalue weighted by molar-refractivity contribution is -0.181. The zero-order valence-electron chi connectivity index (χ0n) is 22.4. The van der Waals surface area contributed by atoms with Crippen LogP contribution < -0.4 is 16.0 Å². The van der Waals surface area contributed by atoms with Crippen molar-refractivity contribution < 1.29 is 18.0 Å². The van der Waals surface area contributed by atoms with Gasteiger partial charge in [-0.25, -0.2) is 0 Å². The fourth-order valence-corrected chi connectivity index (χ4v) is 5.99. The third-order valence-corrected chi connectivity index (χ3v) is 8.19. The van der Waals surface area contributed by atoms with Crippen LogP contribution in [0.15, 0.2) is 48.8 Å². The molecule has 1 amide bonds. The molecule has 3 aromatic rings. The van der Waals surface area contributed by atoms with E-state index in [9.17, 15) is 18.0 Å². The number of H-pyrrole nitrogens is 1. The minimum absolute atomic E-state index is 0.0282. The predicted octanol–water partition coefficient (Wildman–Crippen LogP) is 5.62. The van der Waals surface area contributed by atoms with Crippen LogP contribution in [0, 0.1) is 5.92 Å². The number of alkyl halides is 3. The monoisotopic (exact) mass is 555 g/mol. The molecule has 2 aromatic heterocycles. The molecule has 214 valence electrons. The molecule has 8 nitrogen and oxygen atoms in total. The number of carbonyl (C=O) groups is 1. The van der Waals surface area contributed by atoms with Crippen LogP contribution in [0.1, 0.15) is 74.0 Å². The zero-order chi connectivity index (χ0) is 28.0. The fourth-order valence-electron chi connectivity index (χ4n) is 5.99. The highest BCUT2D eigenvalue weighted by molar-refractivity contribution is 5.95. The Labute approximate surface area is 232 Å². The molecule has 1 aliphatic carbocycles. The van der Waals surface area contributed by atoms with Crippen molar-refractivity contribution in [1.29, 1.82) is 0 Å². The first-order valence-corrected chi connectivity index (χ1v) is 14.1. The highest BCUT2D eigenvalue weighted by Gasteiger charge is 2.51. The van der Waals surface area contributed by atoms with Crippen molar-refractivity contribution in [2.75, 3.05) is 11.9 Å². The Balaban J connectivity index is 1.17. The lowest BCUT2D eigenvalue weighted by Crippen LogP contribution is -2.63. The van der Waals surface area contributed by atoms with Gasteiger partial charge in [0.05, 0.1) is 6.54 Å². The number of aromatic amines is 1. The summed E-state index contributed by atoms with van der Waals surface area (Å²) in [5.41, 5.74) is 1.49. The average Bonchev–Trinajstić information content (AvgIpc) is 3.43. The van der Waals surface area contributed by atoms with Crippen LogP contribution in [0.3, 0.4) is 0 Å². The second kappa shape index (κ2) is 12.4. The molecule has 4 N–H and O–H groups in total. The summed E-state index contributed by atoms with van der Waals surface area (Å²) in [6.45, 7) is 0.325. The normalized spacial score (nSPS) is 21.4. The summed E-state index contributed by atoms with van der Waals surface area (Å²) >= 11 is 0. The van der Waals surface area contributed by atoms with Crippen LogP contribution in [-0.4, -0.2) is 50.4 Å². The van der Waals surface area contributed by atoms with Crippen LogP contribution >= 0.6 is 0 Å². The Bertz CT molecular complexity index is 1260. The van der Waals surface area contributed by atoms with Gasteiger partial charge < -0.3 is 20.9 Å². The van der Waals surface area contributed by atoms with Crippen LogP contribution in [0.2, 0.25) is 0 Å². The predicted molar refractivity (Wildman–Crippen MR) is 146 cm³/mol. The van der Waals surface area contributed by atoms with Crippen molar-refractivity contribution in [2.24, 2.45) is 5.92 Å². The summed E-state index contributed by atoms with van der Waals surface area (Å²) in [6.07, 6.45) is 6.97. The average molecular weight is 556 g/mol. The van der Waals surface area contributed by atoms with Crippen molar-refractivity contribution in [3.05, 3.63) is 60.2 Å². The number of hydrogen-bond donors (Lipinski definition) is 4. The van der Waals surface area contributed by atoms with Crippen molar-refractivity contribution in [1.82, 2.24) is 30.8 Å². The molecular weight excluding hydrogens is 519 g/mol. The van der Waals surface area contributed by atoms with Crippen LogP contribution in [0.4, 0.5) is 18.9 Å². The largest absolute Gasteiger partial charge is 0.404 e. The molecule has 1 aromatic carbocycles. The second-order valence-corrected chi connectivity index (χ2v) is 11.0. The van der Waals surface area contributed by atoms with E-state index in [1.54, 1.807) is 30.6 Å². The Hall–Kier alpha value is -3.47. The molecule has 2 fully saturated rings. The highest BCUT2D eigenvalue weighted by Crippen LogP contribution is 2.40. The Morgan fingerprint density at radius 3 is 2.50 bits per heavy atom. The first kappa shape index (κ1) is 28.1. The number of amides is 1. The summed E-state index contributed by atoms with van der Waals surface area (Å²) in [7, 11) is 0. The minimum Gasteiger partial charge on any atom is -0.378 e. The molecule has 40 heavy (non-hydrogen) atoms. The summed E-state index contributed by atoms with van der Waals surface area (Å²) in [5, 5.41) is 17.3. The fraction of sp³-hybridized carbons (Fsp3) is 0.517. The summed E-state index contributed by atoms with van der Waals surface area (Å²) in [6, 6.07) is 8.93. The van der Waals surface area contributed by atoms with E-state index in [0.29, 0.717) is 42.3 Å². The van der Waals surface area contributed by atoms with Gasteiger partial charge in [0.15, 0.2) is 5.82 Å². The Morgan fingerprint density at radius 1 is 1.00 bits per heavy atom. The summed E-state index contributed by atoms with van der Waals surface area (Å²) < 4.78 is 42.4. The maximum atomic E-state index is 14.1. The molecule has 0 radical (unpaired) electrons. The third-order valence-electron chi connectivity index (χ3n) is 8.19. The van der Waals surface area contributed by atoms with Gasteiger partial charge in [0.2, 0.25) is 0 Å². The van der Waals surface area contributed by atoms with Crippen LogP contribution in [0.5, 0.6) is 0 Å². The number of nitrogens with one attached hydrogen (secondary N) is 4. The van der Waals surface area contributed by atoms with Gasteiger partial charge in [-0.15, -0.1) is 10.2 Å². The number of pyridine rings is 1. The molecule has 1 saturated carbocycles. The molecule has 11 heteroatoms. The smallest absolute Gasteiger partial charge is 0.378 e. The van der Waals surface area contributed by atoms with Gasteiger partial charge in [-0.05, 0) is 56.0 Å². The Kier molecular flexibility index (Phi) is 8.68. The number of anilines is 1. The number of rotatable bonds is 7. The van der Waals surface area contributed by atoms with Crippen molar-refractivity contribution >= 4 is 11.6 Å². The number of benzene rings is 1. The Morgan fingerprint density at radius 2 is 1.75 bits per heavy atom. The first-order valence-electron chi connectivity index (χ1n) is 14.1. The molecule has 3 heterocycles. The van der Waals surface area contributed by atoms with Gasteiger partial charge in [-0.2, -0.15) is 13.2 Å². The van der Waals surface area contributed by atoms with E-state index < -0.39 is 29.6 Å². The first-order chi connectivity index (χ1) is 19.3. The topological polar surface area (TPSA) is 108 Å². The molecule has 1 aliphatic heterocycles. The maximum Gasteiger partial charge on any atom is 0.404 e. The molecule has 2 aliphatic rings. The van der Waals surface area contributed by atoms with Gasteiger partial charge in [0.1, 0.15) is 11.9 Å². The number of carbonyl (C=O) groups excluding carboxylic acids is 1. The number of halogens is 3. The summed E-state index contributed by atoms with van der Waals surface area (Å²) in [4.78, 5) is 20.1. The van der Waals surface area contributed by atoms with E-state index in [4.69, 9.17) is 0 Å². The molecule has 1 saturated heterocycles. The minimum atomic E-state index is -4.37. The van der Waals surface area contributed by atoms with E-state index in [1.165, 1.54) is 0 Å². The summed E-state index contributed by atoms with van der Waals surface area (Å²) in [5.74, 6) is 0.145. The van der Waals surface area contributed by atoms with Gasteiger partial charge in [-0.1, -0.05) is 38.2 Å².